The summed E-state index contributed by atoms with van der Waals surface area (Å²) in [5.41, 5.74) is 1.92. The Kier molecular flexibility index (Phi) is 3.74. The summed E-state index contributed by atoms with van der Waals surface area (Å²) in [6.07, 6.45) is 6.30. The molecule has 1 saturated carbocycles. The number of hydrogen-bond donors (Lipinski definition) is 1. The average Bonchev–Trinajstić information content (AvgIpc) is 3.28. The molecule has 0 unspecified atom stereocenters. The molecule has 1 aliphatic carbocycles. The van der Waals surface area contributed by atoms with Crippen molar-refractivity contribution in [3.63, 3.8) is 0 Å². The van der Waals surface area contributed by atoms with Gasteiger partial charge in [0.15, 0.2) is 0 Å². The van der Waals surface area contributed by atoms with E-state index in [0.717, 1.165) is 36.3 Å². The lowest BCUT2D eigenvalue weighted by Gasteiger charge is -2.26. The van der Waals surface area contributed by atoms with E-state index in [1.807, 2.05) is 47.5 Å². The molecular weight excluding hydrogens is 286 g/mol. The highest BCUT2D eigenvalue weighted by atomic mass is 16.2. The molecule has 4 nitrogen and oxygen atoms in total. The zero-order valence-electron chi connectivity index (χ0n) is 13.1. The van der Waals surface area contributed by atoms with Crippen LogP contribution >= 0.6 is 0 Å². The maximum absolute atomic E-state index is 12.9. The van der Waals surface area contributed by atoms with E-state index < -0.39 is 0 Å². The van der Waals surface area contributed by atoms with Gasteiger partial charge in [0.05, 0.1) is 6.04 Å². The van der Waals surface area contributed by atoms with E-state index >= 15 is 0 Å². The van der Waals surface area contributed by atoms with Crippen LogP contribution < -0.4 is 5.32 Å². The molecule has 1 aromatic heterocycles. The van der Waals surface area contributed by atoms with Gasteiger partial charge in [0.1, 0.15) is 5.82 Å². The molecule has 1 saturated heterocycles. The lowest BCUT2D eigenvalue weighted by atomic mass is 10.0. The molecule has 1 N–H and O–H groups in total. The van der Waals surface area contributed by atoms with Gasteiger partial charge >= 0.3 is 0 Å². The first-order chi connectivity index (χ1) is 11.3. The van der Waals surface area contributed by atoms with Crippen LogP contribution in [0.15, 0.2) is 48.7 Å². The molecule has 0 radical (unpaired) electrons. The molecule has 0 bridgehead atoms. The van der Waals surface area contributed by atoms with Crippen molar-refractivity contribution in [2.45, 2.75) is 37.8 Å². The molecule has 2 aromatic rings. The maximum atomic E-state index is 12.9. The number of hydrogen-bond acceptors (Lipinski definition) is 3. The van der Waals surface area contributed by atoms with Crippen LogP contribution in [0.2, 0.25) is 0 Å². The van der Waals surface area contributed by atoms with Crippen molar-refractivity contribution < 1.29 is 4.79 Å². The Hall–Kier alpha value is -2.36. The van der Waals surface area contributed by atoms with Gasteiger partial charge in [0.2, 0.25) is 0 Å². The van der Waals surface area contributed by atoms with Crippen LogP contribution in [0.5, 0.6) is 0 Å². The van der Waals surface area contributed by atoms with Gasteiger partial charge in [-0.2, -0.15) is 0 Å². The van der Waals surface area contributed by atoms with E-state index in [4.69, 9.17) is 0 Å². The number of aromatic nitrogens is 1. The normalized spacial score (nSPS) is 20.5. The first-order valence-corrected chi connectivity index (χ1v) is 8.40. The second kappa shape index (κ2) is 6.03. The fraction of sp³-hybridized carbons (Fsp3) is 0.368. The van der Waals surface area contributed by atoms with Crippen molar-refractivity contribution in [3.8, 4) is 0 Å². The molecule has 2 fully saturated rings. The molecule has 0 spiro atoms. The summed E-state index contributed by atoms with van der Waals surface area (Å²) >= 11 is 0. The number of likely N-dealkylation sites (tertiary alicyclic amines) is 1. The first kappa shape index (κ1) is 14.2. The van der Waals surface area contributed by atoms with Crippen LogP contribution in [0.4, 0.5) is 5.82 Å². The third-order valence-corrected chi connectivity index (χ3v) is 4.65. The third-order valence-electron chi connectivity index (χ3n) is 4.65. The fourth-order valence-corrected chi connectivity index (χ4v) is 3.31. The summed E-state index contributed by atoms with van der Waals surface area (Å²) in [6, 6.07) is 14.3. The van der Waals surface area contributed by atoms with Gasteiger partial charge in [-0.05, 0) is 43.9 Å². The van der Waals surface area contributed by atoms with Crippen LogP contribution in [0, 0.1) is 0 Å². The lowest BCUT2D eigenvalue weighted by molar-refractivity contribution is 0.0736. The minimum Gasteiger partial charge on any atom is -0.367 e. The number of carbonyl (C=O) groups is 1. The molecule has 2 heterocycles. The van der Waals surface area contributed by atoms with Gasteiger partial charge < -0.3 is 10.2 Å². The molecule has 4 rings (SSSR count). The van der Waals surface area contributed by atoms with Crippen LogP contribution in [0.1, 0.15) is 47.6 Å². The Morgan fingerprint density at radius 1 is 1.09 bits per heavy atom. The monoisotopic (exact) mass is 307 g/mol. The summed E-state index contributed by atoms with van der Waals surface area (Å²) in [6.45, 7) is 0.816. The number of amides is 1. The highest BCUT2D eigenvalue weighted by molar-refractivity contribution is 5.94. The molecule has 1 aromatic carbocycles. The zero-order valence-corrected chi connectivity index (χ0v) is 13.1. The third kappa shape index (κ3) is 2.93. The van der Waals surface area contributed by atoms with Crippen molar-refractivity contribution in [1.29, 1.82) is 0 Å². The van der Waals surface area contributed by atoms with Gasteiger partial charge in [0, 0.05) is 29.9 Å². The molecule has 118 valence electrons. The van der Waals surface area contributed by atoms with Crippen LogP contribution in [0.3, 0.4) is 0 Å². The van der Waals surface area contributed by atoms with E-state index in [0.29, 0.717) is 6.04 Å². The lowest BCUT2D eigenvalue weighted by Crippen LogP contribution is -2.31. The Balaban J connectivity index is 1.62. The van der Waals surface area contributed by atoms with E-state index in [9.17, 15) is 4.79 Å². The number of benzene rings is 1. The average molecular weight is 307 g/mol. The van der Waals surface area contributed by atoms with E-state index in [2.05, 4.69) is 16.4 Å². The quantitative estimate of drug-likeness (QED) is 0.938. The Morgan fingerprint density at radius 2 is 1.91 bits per heavy atom. The highest BCUT2D eigenvalue weighted by Crippen LogP contribution is 2.37. The van der Waals surface area contributed by atoms with Gasteiger partial charge in [0.25, 0.3) is 5.91 Å². The number of pyridine rings is 1. The molecule has 1 atom stereocenters. The van der Waals surface area contributed by atoms with E-state index in [1.165, 1.54) is 12.8 Å². The predicted molar refractivity (Wildman–Crippen MR) is 90.3 cm³/mol. The van der Waals surface area contributed by atoms with Crippen molar-refractivity contribution in [1.82, 2.24) is 9.88 Å². The summed E-state index contributed by atoms with van der Waals surface area (Å²) in [5, 5.41) is 3.51. The van der Waals surface area contributed by atoms with Crippen LogP contribution in [-0.4, -0.2) is 28.4 Å². The van der Waals surface area contributed by atoms with Crippen LogP contribution in [-0.2, 0) is 0 Å². The molecule has 2 aliphatic rings. The minimum absolute atomic E-state index is 0.120. The fourth-order valence-electron chi connectivity index (χ4n) is 3.31. The smallest absolute Gasteiger partial charge is 0.254 e. The Labute approximate surface area is 136 Å². The standard InChI is InChI=1S/C19H21N3O/c23-19(14-6-2-1-3-7-14)22-13-5-9-17(22)16-8-4-12-20-18(16)21-15-10-11-15/h1-4,6-8,12,15,17H,5,9-11,13H2,(H,20,21)/t17-/m0/s1. The molecular formula is C19H21N3O. The molecule has 4 heteroatoms. The number of carbonyl (C=O) groups excluding carboxylic acids is 1. The van der Waals surface area contributed by atoms with Gasteiger partial charge in [-0.3, -0.25) is 4.79 Å². The van der Waals surface area contributed by atoms with Crippen molar-refractivity contribution in [3.05, 3.63) is 59.8 Å². The van der Waals surface area contributed by atoms with Gasteiger partial charge in [-0.25, -0.2) is 4.98 Å². The summed E-state index contributed by atoms with van der Waals surface area (Å²) in [4.78, 5) is 19.4. The van der Waals surface area contributed by atoms with Gasteiger partial charge in [-0.15, -0.1) is 0 Å². The van der Waals surface area contributed by atoms with Crippen molar-refractivity contribution in [2.24, 2.45) is 0 Å². The predicted octanol–water partition coefficient (Wildman–Crippen LogP) is 3.63. The van der Waals surface area contributed by atoms with Gasteiger partial charge in [-0.1, -0.05) is 24.3 Å². The maximum Gasteiger partial charge on any atom is 0.254 e. The number of rotatable bonds is 4. The molecule has 1 aliphatic heterocycles. The van der Waals surface area contributed by atoms with Crippen LogP contribution in [0.25, 0.3) is 0 Å². The first-order valence-electron chi connectivity index (χ1n) is 8.40. The Morgan fingerprint density at radius 3 is 2.70 bits per heavy atom. The SMILES string of the molecule is O=C(c1ccccc1)N1CCC[C@H]1c1cccnc1NC1CC1. The van der Waals surface area contributed by atoms with Crippen molar-refractivity contribution >= 4 is 11.7 Å². The topological polar surface area (TPSA) is 45.2 Å². The summed E-state index contributed by atoms with van der Waals surface area (Å²) in [7, 11) is 0. The largest absolute Gasteiger partial charge is 0.367 e. The number of nitrogens with zero attached hydrogens (tertiary/aromatic N) is 2. The molecule has 23 heavy (non-hydrogen) atoms. The second-order valence-electron chi connectivity index (χ2n) is 6.38. The molecule has 1 amide bonds. The summed E-state index contributed by atoms with van der Waals surface area (Å²) in [5.74, 6) is 1.07. The number of nitrogens with one attached hydrogen (secondary N) is 1. The van der Waals surface area contributed by atoms with E-state index in [1.54, 1.807) is 0 Å². The number of anilines is 1. The summed E-state index contributed by atoms with van der Waals surface area (Å²) < 4.78 is 0. The van der Waals surface area contributed by atoms with Crippen molar-refractivity contribution in [2.75, 3.05) is 11.9 Å². The van der Waals surface area contributed by atoms with E-state index in [-0.39, 0.29) is 11.9 Å². The zero-order chi connectivity index (χ0) is 15.6. The second-order valence-corrected chi connectivity index (χ2v) is 6.38. The Bertz CT molecular complexity index is 697. The highest BCUT2D eigenvalue weighted by Gasteiger charge is 2.33. The minimum atomic E-state index is 0.120.